The van der Waals surface area contributed by atoms with Crippen LogP contribution in [0.4, 0.5) is 4.79 Å². The van der Waals surface area contributed by atoms with Gasteiger partial charge in [0.15, 0.2) is 0 Å². The van der Waals surface area contributed by atoms with Crippen molar-refractivity contribution in [2.45, 2.75) is 18.9 Å². The Hall–Kier alpha value is -0.810. The second-order valence-corrected chi connectivity index (χ2v) is 4.89. The number of amides is 1. The number of piperidine rings is 1. The molecule has 0 saturated carbocycles. The second kappa shape index (κ2) is 5.01. The Balaban J connectivity index is 1.97. The molecule has 0 aliphatic carbocycles. The molecule has 0 aromatic rings. The van der Waals surface area contributed by atoms with E-state index < -0.39 is 6.09 Å². The SMILES string of the molecule is CN1CCC(C2CNCCN2C(=O)O)CC1. The van der Waals surface area contributed by atoms with Crippen LogP contribution in [-0.2, 0) is 0 Å². The number of carboxylic acid groups (broad SMARTS) is 1. The standard InChI is InChI=1S/C11H21N3O2/c1-13-5-2-9(3-6-13)10-8-12-4-7-14(10)11(15)16/h9-10,12H,2-8H2,1H3,(H,15,16). The van der Waals surface area contributed by atoms with Crippen molar-refractivity contribution in [3.05, 3.63) is 0 Å². The van der Waals surface area contributed by atoms with E-state index in [4.69, 9.17) is 0 Å². The third-order valence-corrected chi connectivity index (χ3v) is 3.84. The lowest BCUT2D eigenvalue weighted by Crippen LogP contribution is -2.57. The third kappa shape index (κ3) is 2.47. The number of likely N-dealkylation sites (tertiary alicyclic amines) is 1. The molecular weight excluding hydrogens is 206 g/mol. The van der Waals surface area contributed by atoms with Crippen LogP contribution in [0.1, 0.15) is 12.8 Å². The summed E-state index contributed by atoms with van der Waals surface area (Å²) in [6.45, 7) is 4.42. The van der Waals surface area contributed by atoms with Gasteiger partial charge in [-0.1, -0.05) is 0 Å². The number of nitrogens with zero attached hydrogens (tertiary/aromatic N) is 2. The highest BCUT2D eigenvalue weighted by molar-refractivity contribution is 5.65. The fraction of sp³-hybridized carbons (Fsp3) is 0.909. The van der Waals surface area contributed by atoms with E-state index in [1.807, 2.05) is 0 Å². The van der Waals surface area contributed by atoms with E-state index in [2.05, 4.69) is 17.3 Å². The van der Waals surface area contributed by atoms with Gasteiger partial charge in [-0.2, -0.15) is 0 Å². The first kappa shape index (κ1) is 11.7. The topological polar surface area (TPSA) is 55.8 Å². The van der Waals surface area contributed by atoms with Gasteiger partial charge in [-0.25, -0.2) is 4.79 Å². The van der Waals surface area contributed by atoms with Gasteiger partial charge in [-0.3, -0.25) is 0 Å². The summed E-state index contributed by atoms with van der Waals surface area (Å²) in [6.07, 6.45) is 1.48. The maximum Gasteiger partial charge on any atom is 0.407 e. The molecule has 0 radical (unpaired) electrons. The van der Waals surface area contributed by atoms with E-state index in [0.717, 1.165) is 39.0 Å². The molecule has 16 heavy (non-hydrogen) atoms. The van der Waals surface area contributed by atoms with Crippen LogP contribution in [0.15, 0.2) is 0 Å². The van der Waals surface area contributed by atoms with Crippen LogP contribution in [0, 0.1) is 5.92 Å². The first-order chi connectivity index (χ1) is 7.68. The van der Waals surface area contributed by atoms with Crippen molar-refractivity contribution >= 4 is 6.09 Å². The van der Waals surface area contributed by atoms with E-state index in [1.54, 1.807) is 4.90 Å². The average molecular weight is 227 g/mol. The fourth-order valence-corrected chi connectivity index (χ4v) is 2.80. The summed E-state index contributed by atoms with van der Waals surface area (Å²) in [7, 11) is 2.13. The van der Waals surface area contributed by atoms with Crippen LogP contribution in [0.3, 0.4) is 0 Å². The molecule has 1 amide bonds. The molecule has 92 valence electrons. The van der Waals surface area contributed by atoms with E-state index in [0.29, 0.717) is 12.5 Å². The Morgan fingerprint density at radius 1 is 1.31 bits per heavy atom. The van der Waals surface area contributed by atoms with Gasteiger partial charge in [0.25, 0.3) is 0 Å². The summed E-state index contributed by atoms with van der Waals surface area (Å²) in [5, 5.41) is 12.5. The van der Waals surface area contributed by atoms with Gasteiger partial charge in [-0.05, 0) is 38.9 Å². The zero-order valence-electron chi connectivity index (χ0n) is 9.85. The minimum absolute atomic E-state index is 0.181. The van der Waals surface area contributed by atoms with Crippen LogP contribution in [-0.4, -0.2) is 66.8 Å². The van der Waals surface area contributed by atoms with Crippen molar-refractivity contribution in [3.8, 4) is 0 Å². The number of carbonyl (C=O) groups is 1. The van der Waals surface area contributed by atoms with Crippen molar-refractivity contribution in [2.75, 3.05) is 39.8 Å². The van der Waals surface area contributed by atoms with E-state index in [-0.39, 0.29) is 6.04 Å². The Kier molecular flexibility index (Phi) is 3.66. The molecule has 2 aliphatic heterocycles. The Labute approximate surface area is 96.4 Å². The summed E-state index contributed by atoms with van der Waals surface area (Å²) in [6, 6.07) is 0.181. The third-order valence-electron chi connectivity index (χ3n) is 3.84. The lowest BCUT2D eigenvalue weighted by molar-refractivity contribution is 0.0689. The van der Waals surface area contributed by atoms with E-state index >= 15 is 0 Å². The molecule has 1 unspecified atom stereocenters. The van der Waals surface area contributed by atoms with Gasteiger partial charge in [0, 0.05) is 19.6 Å². The van der Waals surface area contributed by atoms with Crippen molar-refractivity contribution < 1.29 is 9.90 Å². The molecule has 5 heteroatoms. The Morgan fingerprint density at radius 3 is 2.62 bits per heavy atom. The molecule has 2 heterocycles. The summed E-state index contributed by atoms with van der Waals surface area (Å²) >= 11 is 0. The monoisotopic (exact) mass is 227 g/mol. The highest BCUT2D eigenvalue weighted by atomic mass is 16.4. The quantitative estimate of drug-likeness (QED) is 0.675. The molecular formula is C11H21N3O2. The normalized spacial score (nSPS) is 29.3. The number of nitrogens with one attached hydrogen (secondary N) is 1. The van der Waals surface area contributed by atoms with Gasteiger partial charge in [0.2, 0.25) is 0 Å². The zero-order chi connectivity index (χ0) is 11.5. The molecule has 0 aromatic heterocycles. The summed E-state index contributed by atoms with van der Waals surface area (Å²) in [5.74, 6) is 0.528. The molecule has 5 nitrogen and oxygen atoms in total. The maximum atomic E-state index is 11.2. The molecule has 2 N–H and O–H groups in total. The molecule has 1 atom stereocenters. The lowest BCUT2D eigenvalue weighted by Gasteiger charge is -2.42. The van der Waals surface area contributed by atoms with Crippen molar-refractivity contribution in [2.24, 2.45) is 5.92 Å². The molecule has 2 fully saturated rings. The Bertz CT molecular complexity index is 252. The number of hydrogen-bond donors (Lipinski definition) is 2. The van der Waals surface area contributed by atoms with Crippen LogP contribution in [0.25, 0.3) is 0 Å². The summed E-state index contributed by atoms with van der Waals surface area (Å²) in [5.41, 5.74) is 0. The zero-order valence-corrected chi connectivity index (χ0v) is 9.85. The van der Waals surface area contributed by atoms with Crippen LogP contribution in [0.5, 0.6) is 0 Å². The molecule has 2 aliphatic rings. The smallest absolute Gasteiger partial charge is 0.407 e. The minimum atomic E-state index is -0.759. The molecule has 0 aromatic carbocycles. The van der Waals surface area contributed by atoms with Gasteiger partial charge >= 0.3 is 6.09 Å². The summed E-state index contributed by atoms with van der Waals surface area (Å²) in [4.78, 5) is 15.1. The van der Waals surface area contributed by atoms with Gasteiger partial charge < -0.3 is 20.2 Å². The minimum Gasteiger partial charge on any atom is -0.465 e. The lowest BCUT2D eigenvalue weighted by atomic mass is 9.88. The van der Waals surface area contributed by atoms with E-state index in [1.165, 1.54) is 0 Å². The number of rotatable bonds is 1. The van der Waals surface area contributed by atoms with Gasteiger partial charge in [-0.15, -0.1) is 0 Å². The van der Waals surface area contributed by atoms with Crippen LogP contribution >= 0.6 is 0 Å². The summed E-state index contributed by atoms with van der Waals surface area (Å²) < 4.78 is 0. The van der Waals surface area contributed by atoms with Gasteiger partial charge in [0.1, 0.15) is 0 Å². The predicted octanol–water partition coefficient (Wildman–Crippen LogP) is 0.280. The maximum absolute atomic E-state index is 11.2. The second-order valence-electron chi connectivity index (χ2n) is 4.89. The van der Waals surface area contributed by atoms with Crippen molar-refractivity contribution in [1.82, 2.24) is 15.1 Å². The molecule has 0 spiro atoms. The first-order valence-corrected chi connectivity index (χ1v) is 6.07. The van der Waals surface area contributed by atoms with Crippen molar-refractivity contribution in [1.29, 1.82) is 0 Å². The van der Waals surface area contributed by atoms with Crippen LogP contribution in [0.2, 0.25) is 0 Å². The highest BCUT2D eigenvalue weighted by Gasteiger charge is 2.34. The Morgan fingerprint density at radius 2 is 2.00 bits per heavy atom. The average Bonchev–Trinajstić information content (AvgIpc) is 2.30. The van der Waals surface area contributed by atoms with E-state index in [9.17, 15) is 9.90 Å². The predicted molar refractivity (Wildman–Crippen MR) is 61.6 cm³/mol. The van der Waals surface area contributed by atoms with Crippen molar-refractivity contribution in [3.63, 3.8) is 0 Å². The highest BCUT2D eigenvalue weighted by Crippen LogP contribution is 2.24. The molecule has 2 rings (SSSR count). The molecule has 2 saturated heterocycles. The van der Waals surface area contributed by atoms with Crippen LogP contribution < -0.4 is 5.32 Å². The first-order valence-electron chi connectivity index (χ1n) is 6.07. The fourth-order valence-electron chi connectivity index (χ4n) is 2.80. The molecule has 0 bridgehead atoms. The largest absolute Gasteiger partial charge is 0.465 e. The van der Waals surface area contributed by atoms with Gasteiger partial charge in [0.05, 0.1) is 6.04 Å². The number of piperazine rings is 1. The number of hydrogen-bond acceptors (Lipinski definition) is 3.